The second kappa shape index (κ2) is 52.1. The number of rotatable bonds is 45. The van der Waals surface area contributed by atoms with Crippen molar-refractivity contribution in [2.45, 2.75) is 231 Å². The third kappa shape index (κ3) is 47.8. The summed E-state index contributed by atoms with van der Waals surface area (Å²) in [6.07, 6.45) is 80.4. The van der Waals surface area contributed by atoms with Gasteiger partial charge < -0.3 is 15.5 Å². The Kier molecular flexibility index (Phi) is 49.4. The molecule has 4 heteroatoms. The number of aliphatic hydroxyl groups excluding tert-OH is 2. The molecule has 0 saturated heterocycles. The molecular weight excluding hydrogens is 759 g/mol. The minimum absolute atomic E-state index is 0.100. The van der Waals surface area contributed by atoms with Gasteiger partial charge in [0, 0.05) is 6.42 Å². The van der Waals surface area contributed by atoms with Gasteiger partial charge >= 0.3 is 0 Å². The summed E-state index contributed by atoms with van der Waals surface area (Å²) in [6, 6.07) is -0.650. The van der Waals surface area contributed by atoms with E-state index in [1.54, 1.807) is 6.08 Å². The van der Waals surface area contributed by atoms with Gasteiger partial charge in [-0.15, -0.1) is 0 Å². The van der Waals surface area contributed by atoms with Crippen molar-refractivity contribution < 1.29 is 15.0 Å². The van der Waals surface area contributed by atoms with Gasteiger partial charge in [-0.05, 0) is 89.9 Å². The third-order valence-electron chi connectivity index (χ3n) is 11.0. The highest BCUT2D eigenvalue weighted by molar-refractivity contribution is 5.76. The Morgan fingerprint density at radius 2 is 0.710 bits per heavy atom. The summed E-state index contributed by atoms with van der Waals surface area (Å²) in [5, 5.41) is 23.1. The zero-order chi connectivity index (χ0) is 44.9. The van der Waals surface area contributed by atoms with Crippen LogP contribution in [0.15, 0.2) is 122 Å². The average molecular weight is 856 g/mol. The summed E-state index contributed by atoms with van der Waals surface area (Å²) in [5.41, 5.74) is 0. The van der Waals surface area contributed by atoms with Gasteiger partial charge in [0.2, 0.25) is 5.91 Å². The molecule has 0 aliphatic carbocycles. The SMILES string of the molecule is CC/C=C\C/C=C\C/C=C\C/C=C\C/C=C\C/C=C\C/C=C\C/C=C\C/C=C\CCCCCC(=O)NC(CO)C(O)/C=C/CCCCCCCCCCCCCCCCCCC. The number of aliphatic hydroxyl groups is 2. The van der Waals surface area contributed by atoms with E-state index in [-0.39, 0.29) is 12.5 Å². The van der Waals surface area contributed by atoms with E-state index in [1.165, 1.54) is 103 Å². The summed E-state index contributed by atoms with van der Waals surface area (Å²) in [7, 11) is 0. The fourth-order valence-corrected chi connectivity index (χ4v) is 7.05. The predicted octanol–water partition coefficient (Wildman–Crippen LogP) is 16.9. The van der Waals surface area contributed by atoms with Crippen LogP contribution in [0.2, 0.25) is 0 Å². The number of unbranched alkanes of at least 4 members (excludes halogenated alkanes) is 20. The van der Waals surface area contributed by atoms with Crippen LogP contribution in [-0.4, -0.2) is 34.9 Å². The molecule has 0 aromatic heterocycles. The van der Waals surface area contributed by atoms with Gasteiger partial charge in [-0.2, -0.15) is 0 Å². The van der Waals surface area contributed by atoms with E-state index in [9.17, 15) is 15.0 Å². The van der Waals surface area contributed by atoms with Crippen molar-refractivity contribution in [3.05, 3.63) is 122 Å². The molecule has 0 aliphatic rings. The molecule has 2 unspecified atom stereocenters. The van der Waals surface area contributed by atoms with Gasteiger partial charge in [0.15, 0.2) is 0 Å². The lowest BCUT2D eigenvalue weighted by Crippen LogP contribution is -2.45. The van der Waals surface area contributed by atoms with Gasteiger partial charge in [0.05, 0.1) is 18.8 Å². The van der Waals surface area contributed by atoms with E-state index in [0.717, 1.165) is 96.3 Å². The number of hydrogen-bond donors (Lipinski definition) is 3. The monoisotopic (exact) mass is 856 g/mol. The van der Waals surface area contributed by atoms with Crippen LogP contribution in [0, 0.1) is 0 Å². The molecule has 3 N–H and O–H groups in total. The lowest BCUT2D eigenvalue weighted by Gasteiger charge is -2.19. The summed E-state index contributed by atoms with van der Waals surface area (Å²) >= 11 is 0. The largest absolute Gasteiger partial charge is 0.394 e. The molecule has 352 valence electrons. The summed E-state index contributed by atoms with van der Waals surface area (Å²) < 4.78 is 0. The van der Waals surface area contributed by atoms with E-state index in [4.69, 9.17) is 0 Å². The van der Waals surface area contributed by atoms with Crippen LogP contribution in [-0.2, 0) is 4.79 Å². The second-order valence-corrected chi connectivity index (χ2v) is 16.9. The van der Waals surface area contributed by atoms with Crippen molar-refractivity contribution in [3.8, 4) is 0 Å². The number of hydrogen-bond acceptors (Lipinski definition) is 3. The zero-order valence-corrected chi connectivity index (χ0v) is 40.3. The second-order valence-electron chi connectivity index (χ2n) is 16.9. The topological polar surface area (TPSA) is 69.6 Å². The Morgan fingerprint density at radius 3 is 1.06 bits per heavy atom. The molecule has 1 amide bonds. The number of carbonyl (C=O) groups excluding carboxylic acids is 1. The number of allylic oxidation sites excluding steroid dienone is 19. The Labute approximate surface area is 384 Å². The number of carbonyl (C=O) groups is 1. The van der Waals surface area contributed by atoms with Crippen molar-refractivity contribution in [2.75, 3.05) is 6.61 Å². The molecular formula is C58H97NO3. The molecule has 0 heterocycles. The van der Waals surface area contributed by atoms with Crippen molar-refractivity contribution in [3.63, 3.8) is 0 Å². The Hall–Kier alpha value is -3.21. The first-order chi connectivity index (χ1) is 30.7. The van der Waals surface area contributed by atoms with Crippen LogP contribution in [0.25, 0.3) is 0 Å². The average Bonchev–Trinajstić information content (AvgIpc) is 3.28. The molecule has 0 aromatic rings. The standard InChI is InChI=1S/C58H97NO3/c1-3-5-7-9-11-13-15-17-19-21-23-24-25-26-27-28-29-30-31-32-33-34-36-38-40-42-44-46-48-50-52-54-58(62)59-56(55-60)57(61)53-51-49-47-45-43-41-39-37-35-22-20-18-16-14-12-10-8-6-4-2/h5,7,11,13,17,19,23-24,26-27,29-30,32-33,36,38,42,44,51,53,56-57,60-61H,3-4,6,8-10,12,14-16,18,20-22,25,28,31,34-35,37,39-41,43,45-50,52,54-55H2,1-2H3,(H,59,62)/b7-5-,13-11-,19-17-,24-23-,27-26-,30-29-,33-32-,38-36-,44-42-,53-51+. The Morgan fingerprint density at radius 1 is 0.403 bits per heavy atom. The van der Waals surface area contributed by atoms with Crippen molar-refractivity contribution in [1.82, 2.24) is 5.32 Å². The van der Waals surface area contributed by atoms with Crippen LogP contribution in [0.3, 0.4) is 0 Å². The lowest BCUT2D eigenvalue weighted by atomic mass is 10.0. The van der Waals surface area contributed by atoms with Gasteiger partial charge in [-0.3, -0.25) is 4.79 Å². The maximum absolute atomic E-state index is 12.4. The van der Waals surface area contributed by atoms with Crippen LogP contribution < -0.4 is 5.32 Å². The zero-order valence-electron chi connectivity index (χ0n) is 40.3. The first kappa shape index (κ1) is 58.8. The molecule has 4 nitrogen and oxygen atoms in total. The van der Waals surface area contributed by atoms with Crippen LogP contribution in [0.1, 0.15) is 219 Å². The highest BCUT2D eigenvalue weighted by Gasteiger charge is 2.17. The fourth-order valence-electron chi connectivity index (χ4n) is 7.05. The van der Waals surface area contributed by atoms with Crippen LogP contribution in [0.4, 0.5) is 0 Å². The van der Waals surface area contributed by atoms with Crippen molar-refractivity contribution in [2.24, 2.45) is 0 Å². The minimum Gasteiger partial charge on any atom is -0.394 e. The van der Waals surface area contributed by atoms with Crippen LogP contribution in [0.5, 0.6) is 0 Å². The fraction of sp³-hybridized carbons (Fsp3) is 0.638. The van der Waals surface area contributed by atoms with Gasteiger partial charge in [-0.1, -0.05) is 245 Å². The maximum atomic E-state index is 12.4. The maximum Gasteiger partial charge on any atom is 0.220 e. The molecule has 0 fully saturated rings. The Bertz CT molecular complexity index is 1240. The lowest BCUT2D eigenvalue weighted by molar-refractivity contribution is -0.123. The third-order valence-corrected chi connectivity index (χ3v) is 11.0. The molecule has 0 spiro atoms. The highest BCUT2D eigenvalue weighted by Crippen LogP contribution is 2.15. The molecule has 62 heavy (non-hydrogen) atoms. The quantitative estimate of drug-likeness (QED) is 0.0422. The van der Waals surface area contributed by atoms with Gasteiger partial charge in [0.25, 0.3) is 0 Å². The molecule has 0 radical (unpaired) electrons. The molecule has 0 aromatic carbocycles. The van der Waals surface area contributed by atoms with Crippen molar-refractivity contribution in [1.29, 1.82) is 0 Å². The molecule has 0 aliphatic heterocycles. The van der Waals surface area contributed by atoms with Gasteiger partial charge in [-0.25, -0.2) is 0 Å². The molecule has 0 bridgehead atoms. The smallest absolute Gasteiger partial charge is 0.220 e. The van der Waals surface area contributed by atoms with E-state index in [0.29, 0.717) is 6.42 Å². The van der Waals surface area contributed by atoms with Crippen LogP contribution >= 0.6 is 0 Å². The summed E-state index contributed by atoms with van der Waals surface area (Å²) in [5.74, 6) is -0.100. The van der Waals surface area contributed by atoms with E-state index in [1.807, 2.05) is 6.08 Å². The van der Waals surface area contributed by atoms with Crippen molar-refractivity contribution >= 4 is 5.91 Å². The minimum atomic E-state index is -0.863. The highest BCUT2D eigenvalue weighted by atomic mass is 16.3. The van der Waals surface area contributed by atoms with E-state index < -0.39 is 12.1 Å². The normalized spacial score (nSPS) is 13.9. The van der Waals surface area contributed by atoms with Gasteiger partial charge in [0.1, 0.15) is 0 Å². The summed E-state index contributed by atoms with van der Waals surface area (Å²) in [6.45, 7) is 4.18. The molecule has 0 saturated carbocycles. The molecule has 2 atom stereocenters. The van der Waals surface area contributed by atoms with E-state index in [2.05, 4.69) is 129 Å². The predicted molar refractivity (Wildman–Crippen MR) is 276 cm³/mol. The van der Waals surface area contributed by atoms with E-state index >= 15 is 0 Å². The summed E-state index contributed by atoms with van der Waals surface area (Å²) in [4.78, 5) is 12.4. The first-order valence-corrected chi connectivity index (χ1v) is 25.7. The number of amides is 1. The first-order valence-electron chi connectivity index (χ1n) is 25.7. The Balaban J connectivity index is 3.71. The molecule has 0 rings (SSSR count). The number of nitrogens with one attached hydrogen (secondary N) is 1.